The molecule has 0 N–H and O–H groups in total. The summed E-state index contributed by atoms with van der Waals surface area (Å²) >= 11 is 6.25. The van der Waals surface area contributed by atoms with E-state index in [2.05, 4.69) is 16.9 Å². The number of carbonyl (C=O) groups is 1. The van der Waals surface area contributed by atoms with Crippen LogP contribution in [0.1, 0.15) is 10.5 Å². The maximum Gasteiger partial charge on any atom is 0.272 e. The van der Waals surface area contributed by atoms with Gasteiger partial charge in [0.2, 0.25) is 0 Å². The predicted molar refractivity (Wildman–Crippen MR) is 80.2 cm³/mol. The van der Waals surface area contributed by atoms with Crippen molar-refractivity contribution in [2.75, 3.05) is 33.2 Å². The Kier molecular flexibility index (Phi) is 3.59. The highest BCUT2D eigenvalue weighted by atomic mass is 35.5. The number of amides is 1. The van der Waals surface area contributed by atoms with Crippen molar-refractivity contribution in [3.63, 3.8) is 0 Å². The molecule has 0 aliphatic carbocycles. The Bertz CT molecular complexity index is 651. The molecule has 0 bridgehead atoms. The summed E-state index contributed by atoms with van der Waals surface area (Å²) in [6.07, 6.45) is 0. The van der Waals surface area contributed by atoms with Gasteiger partial charge in [-0.15, -0.1) is 0 Å². The number of hydrogen-bond acceptors (Lipinski definition) is 3. The highest BCUT2D eigenvalue weighted by Crippen LogP contribution is 2.23. The van der Waals surface area contributed by atoms with Gasteiger partial charge in [-0.25, -0.2) is 4.98 Å². The fourth-order valence-corrected chi connectivity index (χ4v) is 2.68. The van der Waals surface area contributed by atoms with Crippen molar-refractivity contribution in [2.24, 2.45) is 0 Å². The number of halogens is 1. The third-order valence-corrected chi connectivity index (χ3v) is 3.99. The number of para-hydroxylation sites is 1. The van der Waals surface area contributed by atoms with Crippen molar-refractivity contribution in [1.82, 2.24) is 14.8 Å². The van der Waals surface area contributed by atoms with Gasteiger partial charge in [0.1, 0.15) is 5.69 Å². The van der Waals surface area contributed by atoms with Gasteiger partial charge in [-0.3, -0.25) is 4.79 Å². The van der Waals surface area contributed by atoms with Crippen LogP contribution in [-0.4, -0.2) is 53.9 Å². The van der Waals surface area contributed by atoms with Crippen LogP contribution in [0.3, 0.4) is 0 Å². The van der Waals surface area contributed by atoms with Crippen molar-refractivity contribution in [3.8, 4) is 0 Å². The van der Waals surface area contributed by atoms with Crippen LogP contribution < -0.4 is 0 Å². The Balaban J connectivity index is 1.92. The quantitative estimate of drug-likeness (QED) is 0.808. The first kappa shape index (κ1) is 13.3. The first-order valence-corrected chi connectivity index (χ1v) is 7.06. The van der Waals surface area contributed by atoms with Gasteiger partial charge >= 0.3 is 0 Å². The number of fused-ring (bicyclic) bond motifs is 1. The number of pyridine rings is 1. The van der Waals surface area contributed by atoms with Gasteiger partial charge < -0.3 is 9.80 Å². The molecule has 0 spiro atoms. The minimum absolute atomic E-state index is 0.0363. The lowest BCUT2D eigenvalue weighted by Gasteiger charge is -2.32. The maximum absolute atomic E-state index is 12.5. The zero-order valence-corrected chi connectivity index (χ0v) is 12.1. The molecule has 1 amide bonds. The molecular weight excluding hydrogens is 274 g/mol. The van der Waals surface area contributed by atoms with Crippen molar-refractivity contribution >= 4 is 28.4 Å². The Morgan fingerprint density at radius 3 is 2.65 bits per heavy atom. The molecule has 0 saturated carbocycles. The number of rotatable bonds is 1. The Labute approximate surface area is 123 Å². The average molecular weight is 290 g/mol. The Morgan fingerprint density at radius 2 is 1.90 bits per heavy atom. The summed E-state index contributed by atoms with van der Waals surface area (Å²) in [5.41, 5.74) is 1.19. The number of nitrogens with zero attached hydrogens (tertiary/aromatic N) is 3. The largest absolute Gasteiger partial charge is 0.335 e. The van der Waals surface area contributed by atoms with Crippen LogP contribution in [0.2, 0.25) is 5.02 Å². The molecule has 1 aliphatic heterocycles. The summed E-state index contributed by atoms with van der Waals surface area (Å²) in [6.45, 7) is 3.27. The summed E-state index contributed by atoms with van der Waals surface area (Å²) in [4.78, 5) is 21.0. The summed E-state index contributed by atoms with van der Waals surface area (Å²) < 4.78 is 0. The average Bonchev–Trinajstić information content (AvgIpc) is 2.47. The summed E-state index contributed by atoms with van der Waals surface area (Å²) in [6, 6.07) is 9.27. The number of piperazine rings is 1. The van der Waals surface area contributed by atoms with Gasteiger partial charge in [-0.05, 0) is 19.2 Å². The molecule has 2 heterocycles. The Hall–Kier alpha value is -1.65. The topological polar surface area (TPSA) is 36.4 Å². The van der Waals surface area contributed by atoms with Gasteiger partial charge in [0.15, 0.2) is 0 Å². The number of carbonyl (C=O) groups excluding carboxylic acids is 1. The summed E-state index contributed by atoms with van der Waals surface area (Å²) in [7, 11) is 2.06. The van der Waals surface area contributed by atoms with Gasteiger partial charge in [-0.2, -0.15) is 0 Å². The van der Waals surface area contributed by atoms with Crippen LogP contribution in [0.15, 0.2) is 30.3 Å². The van der Waals surface area contributed by atoms with E-state index in [1.807, 2.05) is 29.2 Å². The zero-order valence-electron chi connectivity index (χ0n) is 11.3. The minimum atomic E-state index is -0.0363. The van der Waals surface area contributed by atoms with Crippen molar-refractivity contribution in [1.29, 1.82) is 0 Å². The molecule has 0 atom stereocenters. The van der Waals surface area contributed by atoms with E-state index in [1.165, 1.54) is 0 Å². The molecule has 0 unspecified atom stereocenters. The highest BCUT2D eigenvalue weighted by Gasteiger charge is 2.22. The lowest BCUT2D eigenvalue weighted by molar-refractivity contribution is 0.0658. The van der Waals surface area contributed by atoms with Crippen LogP contribution in [0.25, 0.3) is 10.9 Å². The third kappa shape index (κ3) is 2.49. The highest BCUT2D eigenvalue weighted by molar-refractivity contribution is 6.35. The first-order chi connectivity index (χ1) is 9.65. The first-order valence-electron chi connectivity index (χ1n) is 6.68. The molecule has 3 rings (SSSR count). The molecule has 1 aromatic heterocycles. The van der Waals surface area contributed by atoms with Crippen molar-refractivity contribution in [3.05, 3.63) is 41.0 Å². The second-order valence-corrected chi connectivity index (χ2v) is 5.51. The molecule has 0 radical (unpaired) electrons. The van der Waals surface area contributed by atoms with E-state index in [0.717, 1.165) is 37.1 Å². The molecule has 4 nitrogen and oxygen atoms in total. The third-order valence-electron chi connectivity index (χ3n) is 3.68. The second kappa shape index (κ2) is 5.38. The standard InChI is InChI=1S/C15H16ClN3O/c1-18-6-8-19(9-7-18)15(20)14-10-12(16)11-4-2-3-5-13(11)17-14/h2-5,10H,6-9H2,1H3. The fourth-order valence-electron chi connectivity index (χ4n) is 2.41. The minimum Gasteiger partial charge on any atom is -0.335 e. The van der Waals surface area contributed by atoms with E-state index in [-0.39, 0.29) is 5.91 Å². The molecule has 2 aromatic rings. The molecule has 20 heavy (non-hydrogen) atoms. The summed E-state index contributed by atoms with van der Waals surface area (Å²) in [5, 5.41) is 1.46. The molecule has 5 heteroatoms. The van der Waals surface area contributed by atoms with E-state index >= 15 is 0 Å². The van der Waals surface area contributed by atoms with Crippen LogP contribution >= 0.6 is 11.6 Å². The smallest absolute Gasteiger partial charge is 0.272 e. The van der Waals surface area contributed by atoms with Gasteiger partial charge in [-0.1, -0.05) is 29.8 Å². The van der Waals surface area contributed by atoms with Crippen LogP contribution in [0.4, 0.5) is 0 Å². The van der Waals surface area contributed by atoms with Gasteiger partial charge in [0.05, 0.1) is 10.5 Å². The van der Waals surface area contributed by atoms with E-state index in [0.29, 0.717) is 10.7 Å². The molecule has 1 aliphatic rings. The second-order valence-electron chi connectivity index (χ2n) is 5.10. The lowest BCUT2D eigenvalue weighted by Crippen LogP contribution is -2.47. The normalized spacial score (nSPS) is 16.6. The fraction of sp³-hybridized carbons (Fsp3) is 0.333. The molecular formula is C15H16ClN3O. The molecule has 1 saturated heterocycles. The van der Waals surface area contributed by atoms with E-state index < -0.39 is 0 Å². The Morgan fingerprint density at radius 1 is 1.20 bits per heavy atom. The number of hydrogen-bond donors (Lipinski definition) is 0. The number of aromatic nitrogens is 1. The SMILES string of the molecule is CN1CCN(C(=O)c2cc(Cl)c3ccccc3n2)CC1. The predicted octanol–water partition coefficient (Wildman–Crippen LogP) is 2.28. The van der Waals surface area contributed by atoms with Crippen molar-refractivity contribution in [2.45, 2.75) is 0 Å². The van der Waals surface area contributed by atoms with E-state index in [9.17, 15) is 4.79 Å². The maximum atomic E-state index is 12.5. The van der Waals surface area contributed by atoms with E-state index in [4.69, 9.17) is 11.6 Å². The van der Waals surface area contributed by atoms with Crippen LogP contribution in [0.5, 0.6) is 0 Å². The molecule has 1 aromatic carbocycles. The number of likely N-dealkylation sites (N-methyl/N-ethyl adjacent to an activating group) is 1. The monoisotopic (exact) mass is 289 g/mol. The van der Waals surface area contributed by atoms with Crippen LogP contribution in [0, 0.1) is 0 Å². The molecule has 1 fully saturated rings. The van der Waals surface area contributed by atoms with Gasteiger partial charge in [0.25, 0.3) is 5.91 Å². The van der Waals surface area contributed by atoms with Crippen LogP contribution in [-0.2, 0) is 0 Å². The molecule has 104 valence electrons. The zero-order chi connectivity index (χ0) is 14.1. The lowest BCUT2D eigenvalue weighted by atomic mass is 10.2. The van der Waals surface area contributed by atoms with Gasteiger partial charge in [0, 0.05) is 31.6 Å². The van der Waals surface area contributed by atoms with E-state index in [1.54, 1.807) is 6.07 Å². The van der Waals surface area contributed by atoms with Crippen molar-refractivity contribution < 1.29 is 4.79 Å². The number of benzene rings is 1. The summed E-state index contributed by atoms with van der Waals surface area (Å²) in [5.74, 6) is -0.0363.